The standard InChI is InChI=1S/C15H29N3O3/c1-12(2)9-13(18-4-7-20-8-5-18)10-17-15(19)14-11-16-3-6-21-14/h12-14,16H,3-11H2,1-2H3,(H,17,19). The number of carbonyl (C=O) groups is 1. The van der Waals surface area contributed by atoms with Gasteiger partial charge in [-0.2, -0.15) is 0 Å². The number of carbonyl (C=O) groups excluding carboxylic acids is 1. The molecule has 0 aromatic rings. The minimum atomic E-state index is -0.344. The molecule has 2 saturated heterocycles. The number of nitrogens with zero attached hydrogens (tertiary/aromatic N) is 1. The van der Waals surface area contributed by atoms with Gasteiger partial charge in [-0.15, -0.1) is 0 Å². The minimum absolute atomic E-state index is 0.00390. The molecule has 2 rings (SSSR count). The predicted molar refractivity (Wildman–Crippen MR) is 81.3 cm³/mol. The Kier molecular flexibility index (Phi) is 6.89. The van der Waals surface area contributed by atoms with Crippen LogP contribution >= 0.6 is 0 Å². The molecule has 2 atom stereocenters. The van der Waals surface area contributed by atoms with E-state index >= 15 is 0 Å². The highest BCUT2D eigenvalue weighted by atomic mass is 16.5. The molecule has 2 unspecified atom stereocenters. The molecule has 0 aliphatic carbocycles. The van der Waals surface area contributed by atoms with Crippen LogP contribution in [0.15, 0.2) is 0 Å². The third-order valence-electron chi connectivity index (χ3n) is 4.04. The fraction of sp³-hybridized carbons (Fsp3) is 0.933. The molecule has 0 saturated carbocycles. The molecule has 2 N–H and O–H groups in total. The number of hydrogen-bond donors (Lipinski definition) is 2. The Labute approximate surface area is 127 Å². The molecule has 1 amide bonds. The van der Waals surface area contributed by atoms with E-state index in [1.807, 2.05) is 0 Å². The highest BCUT2D eigenvalue weighted by Crippen LogP contribution is 2.13. The zero-order valence-electron chi connectivity index (χ0n) is 13.3. The molecule has 6 heteroatoms. The summed E-state index contributed by atoms with van der Waals surface area (Å²) in [6.07, 6.45) is 0.743. The molecule has 0 spiro atoms. The lowest BCUT2D eigenvalue weighted by atomic mass is 10.0. The molecule has 2 fully saturated rings. The summed E-state index contributed by atoms with van der Waals surface area (Å²) in [5.74, 6) is 0.617. The van der Waals surface area contributed by atoms with Crippen molar-refractivity contribution in [1.82, 2.24) is 15.5 Å². The number of ether oxygens (including phenoxy) is 2. The second-order valence-electron chi connectivity index (χ2n) is 6.24. The molecule has 2 aliphatic rings. The number of morpholine rings is 2. The predicted octanol–water partition coefficient (Wildman–Crippen LogP) is -0.162. The van der Waals surface area contributed by atoms with Crippen molar-refractivity contribution in [2.24, 2.45) is 5.92 Å². The molecule has 0 aromatic carbocycles. The maximum absolute atomic E-state index is 12.2. The summed E-state index contributed by atoms with van der Waals surface area (Å²) < 4.78 is 10.9. The van der Waals surface area contributed by atoms with Gasteiger partial charge in [0.15, 0.2) is 0 Å². The number of rotatable bonds is 6. The first kappa shape index (κ1) is 16.7. The van der Waals surface area contributed by atoms with E-state index in [-0.39, 0.29) is 12.0 Å². The Hall–Kier alpha value is -0.690. The zero-order valence-corrected chi connectivity index (χ0v) is 13.3. The lowest BCUT2D eigenvalue weighted by molar-refractivity contribution is -0.134. The summed E-state index contributed by atoms with van der Waals surface area (Å²) in [7, 11) is 0. The van der Waals surface area contributed by atoms with E-state index in [0.717, 1.165) is 39.3 Å². The first-order chi connectivity index (χ1) is 10.2. The fourth-order valence-corrected chi connectivity index (χ4v) is 2.91. The lowest BCUT2D eigenvalue weighted by Crippen LogP contribution is -2.53. The molecule has 0 bridgehead atoms. The molecule has 6 nitrogen and oxygen atoms in total. The van der Waals surface area contributed by atoms with Crippen LogP contribution in [0.3, 0.4) is 0 Å². The first-order valence-electron chi connectivity index (χ1n) is 8.08. The van der Waals surface area contributed by atoms with Crippen molar-refractivity contribution in [2.45, 2.75) is 32.4 Å². The monoisotopic (exact) mass is 299 g/mol. The maximum atomic E-state index is 12.2. The van der Waals surface area contributed by atoms with Crippen molar-refractivity contribution in [2.75, 3.05) is 52.5 Å². The van der Waals surface area contributed by atoms with Crippen LogP contribution < -0.4 is 10.6 Å². The van der Waals surface area contributed by atoms with E-state index < -0.39 is 0 Å². The Morgan fingerprint density at radius 3 is 2.71 bits per heavy atom. The molecule has 0 aromatic heterocycles. The van der Waals surface area contributed by atoms with Gasteiger partial charge in [-0.3, -0.25) is 9.69 Å². The van der Waals surface area contributed by atoms with Crippen molar-refractivity contribution in [3.63, 3.8) is 0 Å². The van der Waals surface area contributed by atoms with Crippen LogP contribution in [0.1, 0.15) is 20.3 Å². The SMILES string of the molecule is CC(C)CC(CNC(=O)C1CNCCO1)N1CCOCC1. The second-order valence-corrected chi connectivity index (χ2v) is 6.24. The van der Waals surface area contributed by atoms with E-state index in [9.17, 15) is 4.79 Å². The summed E-state index contributed by atoms with van der Waals surface area (Å²) in [6.45, 7) is 10.7. The molecule has 21 heavy (non-hydrogen) atoms. The second kappa shape index (κ2) is 8.68. The Balaban J connectivity index is 1.81. The Morgan fingerprint density at radius 2 is 2.10 bits per heavy atom. The average molecular weight is 299 g/mol. The van der Waals surface area contributed by atoms with Gasteiger partial charge in [-0.05, 0) is 12.3 Å². The fourth-order valence-electron chi connectivity index (χ4n) is 2.91. The summed E-state index contributed by atoms with van der Waals surface area (Å²) >= 11 is 0. The third kappa shape index (κ3) is 5.54. The zero-order chi connectivity index (χ0) is 15.1. The number of amides is 1. The Morgan fingerprint density at radius 1 is 1.33 bits per heavy atom. The van der Waals surface area contributed by atoms with E-state index in [4.69, 9.17) is 9.47 Å². The summed E-state index contributed by atoms with van der Waals surface area (Å²) in [5.41, 5.74) is 0. The van der Waals surface area contributed by atoms with E-state index in [1.165, 1.54) is 0 Å². The minimum Gasteiger partial charge on any atom is -0.379 e. The number of hydrogen-bond acceptors (Lipinski definition) is 5. The van der Waals surface area contributed by atoms with Crippen LogP contribution in [0.4, 0.5) is 0 Å². The summed E-state index contributed by atoms with van der Waals surface area (Å²) in [4.78, 5) is 14.6. The molecule has 2 aliphatic heterocycles. The van der Waals surface area contributed by atoms with Gasteiger partial charge in [0.25, 0.3) is 5.91 Å². The van der Waals surface area contributed by atoms with Gasteiger partial charge in [0.2, 0.25) is 0 Å². The van der Waals surface area contributed by atoms with Crippen LogP contribution in [-0.2, 0) is 14.3 Å². The third-order valence-corrected chi connectivity index (χ3v) is 4.04. The molecular formula is C15H29N3O3. The smallest absolute Gasteiger partial charge is 0.250 e. The number of nitrogens with one attached hydrogen (secondary N) is 2. The van der Waals surface area contributed by atoms with E-state index in [1.54, 1.807) is 0 Å². The molecule has 122 valence electrons. The first-order valence-corrected chi connectivity index (χ1v) is 8.08. The van der Waals surface area contributed by atoms with Crippen molar-refractivity contribution >= 4 is 5.91 Å². The molecular weight excluding hydrogens is 270 g/mol. The van der Waals surface area contributed by atoms with Gasteiger partial charge >= 0.3 is 0 Å². The Bertz CT molecular complexity index is 313. The van der Waals surface area contributed by atoms with Gasteiger partial charge in [0.05, 0.1) is 19.8 Å². The van der Waals surface area contributed by atoms with Gasteiger partial charge in [0, 0.05) is 38.8 Å². The van der Waals surface area contributed by atoms with Crippen molar-refractivity contribution < 1.29 is 14.3 Å². The molecule has 0 radical (unpaired) electrons. The van der Waals surface area contributed by atoms with Crippen molar-refractivity contribution in [1.29, 1.82) is 0 Å². The normalized spacial score (nSPS) is 25.8. The van der Waals surface area contributed by atoms with Gasteiger partial charge in [0.1, 0.15) is 6.10 Å². The van der Waals surface area contributed by atoms with Gasteiger partial charge in [-0.25, -0.2) is 0 Å². The van der Waals surface area contributed by atoms with Crippen LogP contribution in [0, 0.1) is 5.92 Å². The van der Waals surface area contributed by atoms with Crippen molar-refractivity contribution in [3.05, 3.63) is 0 Å². The molecule has 2 heterocycles. The highest BCUT2D eigenvalue weighted by molar-refractivity contribution is 5.81. The summed E-state index contributed by atoms with van der Waals surface area (Å²) in [5, 5.41) is 6.25. The lowest BCUT2D eigenvalue weighted by Gasteiger charge is -2.36. The van der Waals surface area contributed by atoms with Crippen LogP contribution in [-0.4, -0.2) is 75.5 Å². The van der Waals surface area contributed by atoms with Crippen LogP contribution in [0.25, 0.3) is 0 Å². The summed E-state index contributed by atoms with van der Waals surface area (Å²) in [6, 6.07) is 0.384. The maximum Gasteiger partial charge on any atom is 0.250 e. The van der Waals surface area contributed by atoms with Crippen LogP contribution in [0.2, 0.25) is 0 Å². The average Bonchev–Trinajstić information content (AvgIpc) is 2.52. The van der Waals surface area contributed by atoms with E-state index in [2.05, 4.69) is 29.4 Å². The highest BCUT2D eigenvalue weighted by Gasteiger charge is 2.25. The quantitative estimate of drug-likeness (QED) is 0.713. The largest absolute Gasteiger partial charge is 0.379 e. The van der Waals surface area contributed by atoms with E-state index in [0.29, 0.717) is 31.7 Å². The van der Waals surface area contributed by atoms with Gasteiger partial charge in [-0.1, -0.05) is 13.8 Å². The van der Waals surface area contributed by atoms with Crippen LogP contribution in [0.5, 0.6) is 0 Å². The topological polar surface area (TPSA) is 62.8 Å². The van der Waals surface area contributed by atoms with Crippen molar-refractivity contribution in [3.8, 4) is 0 Å². The van der Waals surface area contributed by atoms with Gasteiger partial charge < -0.3 is 20.1 Å².